The van der Waals surface area contributed by atoms with Gasteiger partial charge >= 0.3 is 16.1 Å². The zero-order chi connectivity index (χ0) is 22.0. The zero-order valence-corrected chi connectivity index (χ0v) is 17.7. The minimum Gasteiger partial charge on any atom is -0.402 e. The summed E-state index contributed by atoms with van der Waals surface area (Å²) in [6.07, 6.45) is 1.58. The summed E-state index contributed by atoms with van der Waals surface area (Å²) in [5.41, 5.74) is 3.48. The van der Waals surface area contributed by atoms with Crippen molar-refractivity contribution in [3.8, 4) is 5.75 Å². The Morgan fingerprint density at radius 2 is 1.58 bits per heavy atom. The fourth-order valence-corrected chi connectivity index (χ4v) is 3.92. The maximum absolute atomic E-state index is 12.4. The third-order valence-electron chi connectivity index (χ3n) is 4.70. The standard InChI is InChI=1S/C24H19NO5S/c1-16-7-13-20(14-8-16)31(27,28)30-19-11-9-18(10-12-19)15-22-24(26)29-23(25-22)21-6-4-3-5-17(21)2/h3-15H,1-2H3. The fourth-order valence-electron chi connectivity index (χ4n) is 2.99. The molecule has 156 valence electrons. The highest BCUT2D eigenvalue weighted by Crippen LogP contribution is 2.23. The van der Waals surface area contributed by atoms with Gasteiger partial charge in [0.15, 0.2) is 5.70 Å². The van der Waals surface area contributed by atoms with Crippen molar-refractivity contribution in [1.29, 1.82) is 0 Å². The number of cyclic esters (lactones) is 1. The second-order valence-electron chi connectivity index (χ2n) is 7.07. The molecule has 0 unspecified atom stereocenters. The number of benzene rings is 3. The van der Waals surface area contributed by atoms with Crippen LogP contribution in [0.4, 0.5) is 0 Å². The van der Waals surface area contributed by atoms with Crippen LogP contribution in [0.2, 0.25) is 0 Å². The molecule has 0 bridgehead atoms. The summed E-state index contributed by atoms with van der Waals surface area (Å²) >= 11 is 0. The normalized spacial score (nSPS) is 15.0. The lowest BCUT2D eigenvalue weighted by Crippen LogP contribution is -2.09. The molecule has 3 aromatic rings. The first-order valence-electron chi connectivity index (χ1n) is 9.52. The molecular formula is C24H19NO5S. The van der Waals surface area contributed by atoms with E-state index in [1.165, 1.54) is 24.3 Å². The molecule has 0 aliphatic carbocycles. The smallest absolute Gasteiger partial charge is 0.363 e. The molecule has 1 heterocycles. The maximum atomic E-state index is 12.4. The highest BCUT2D eigenvalue weighted by molar-refractivity contribution is 7.87. The molecule has 0 spiro atoms. The summed E-state index contributed by atoms with van der Waals surface area (Å²) in [5.74, 6) is -0.111. The number of hydrogen-bond acceptors (Lipinski definition) is 6. The molecule has 1 aliphatic heterocycles. The third-order valence-corrected chi connectivity index (χ3v) is 5.96. The van der Waals surface area contributed by atoms with Crippen LogP contribution < -0.4 is 4.18 Å². The number of esters is 1. The molecule has 0 saturated heterocycles. The van der Waals surface area contributed by atoms with Crippen molar-refractivity contribution < 1.29 is 22.1 Å². The Morgan fingerprint density at radius 1 is 0.903 bits per heavy atom. The number of hydrogen-bond donors (Lipinski definition) is 0. The molecule has 6 nitrogen and oxygen atoms in total. The molecule has 0 atom stereocenters. The molecule has 31 heavy (non-hydrogen) atoms. The number of aryl methyl sites for hydroxylation is 2. The fraction of sp³-hybridized carbons (Fsp3) is 0.0833. The Hall–Kier alpha value is -3.71. The van der Waals surface area contributed by atoms with Crippen molar-refractivity contribution in [2.75, 3.05) is 0 Å². The lowest BCUT2D eigenvalue weighted by atomic mass is 10.1. The second-order valence-corrected chi connectivity index (χ2v) is 8.62. The van der Waals surface area contributed by atoms with Crippen LogP contribution in [0.3, 0.4) is 0 Å². The minimum atomic E-state index is -3.93. The van der Waals surface area contributed by atoms with Crippen molar-refractivity contribution in [3.05, 3.63) is 101 Å². The molecule has 0 fully saturated rings. The van der Waals surface area contributed by atoms with E-state index in [4.69, 9.17) is 8.92 Å². The Kier molecular flexibility index (Phi) is 5.44. The van der Waals surface area contributed by atoms with Gasteiger partial charge in [-0.25, -0.2) is 9.79 Å². The summed E-state index contributed by atoms with van der Waals surface area (Å²) in [7, 11) is -3.93. The lowest BCUT2D eigenvalue weighted by Gasteiger charge is -2.07. The lowest BCUT2D eigenvalue weighted by molar-refractivity contribution is -0.129. The highest BCUT2D eigenvalue weighted by Gasteiger charge is 2.25. The van der Waals surface area contributed by atoms with Gasteiger partial charge in [-0.2, -0.15) is 8.42 Å². The maximum Gasteiger partial charge on any atom is 0.363 e. The predicted molar refractivity (Wildman–Crippen MR) is 117 cm³/mol. The Balaban J connectivity index is 1.53. The predicted octanol–water partition coefficient (Wildman–Crippen LogP) is 4.42. The molecular weight excluding hydrogens is 414 g/mol. The number of nitrogens with zero attached hydrogens (tertiary/aromatic N) is 1. The van der Waals surface area contributed by atoms with E-state index in [1.54, 1.807) is 30.3 Å². The average Bonchev–Trinajstić information content (AvgIpc) is 3.10. The van der Waals surface area contributed by atoms with E-state index < -0.39 is 16.1 Å². The Bertz CT molecular complexity index is 1300. The van der Waals surface area contributed by atoms with E-state index in [9.17, 15) is 13.2 Å². The van der Waals surface area contributed by atoms with E-state index >= 15 is 0 Å². The first kappa shape index (κ1) is 20.6. The number of carbonyl (C=O) groups excluding carboxylic acids is 1. The number of carbonyl (C=O) groups is 1. The van der Waals surface area contributed by atoms with Gasteiger partial charge in [-0.05, 0) is 61.4 Å². The van der Waals surface area contributed by atoms with E-state index in [-0.39, 0.29) is 22.2 Å². The topological polar surface area (TPSA) is 82.0 Å². The zero-order valence-electron chi connectivity index (χ0n) is 16.9. The van der Waals surface area contributed by atoms with E-state index in [1.807, 2.05) is 38.1 Å². The summed E-state index contributed by atoms with van der Waals surface area (Å²) < 4.78 is 35.3. The van der Waals surface area contributed by atoms with Gasteiger partial charge in [0.05, 0.1) is 0 Å². The van der Waals surface area contributed by atoms with Crippen LogP contribution in [0, 0.1) is 13.8 Å². The molecule has 4 rings (SSSR count). The molecule has 0 aromatic heterocycles. The van der Waals surface area contributed by atoms with Crippen LogP contribution in [0.5, 0.6) is 5.75 Å². The molecule has 7 heteroatoms. The Labute approximate surface area is 180 Å². The van der Waals surface area contributed by atoms with E-state index in [0.717, 1.165) is 16.7 Å². The van der Waals surface area contributed by atoms with Crippen LogP contribution in [-0.2, 0) is 19.6 Å². The summed E-state index contributed by atoms with van der Waals surface area (Å²) in [5, 5.41) is 0. The number of ether oxygens (including phenoxy) is 1. The van der Waals surface area contributed by atoms with Gasteiger partial charge < -0.3 is 8.92 Å². The van der Waals surface area contributed by atoms with Crippen LogP contribution >= 0.6 is 0 Å². The van der Waals surface area contributed by atoms with Crippen molar-refractivity contribution in [2.24, 2.45) is 4.99 Å². The van der Waals surface area contributed by atoms with Crippen LogP contribution in [0.15, 0.2) is 88.4 Å². The molecule has 0 N–H and O–H groups in total. The molecule has 0 saturated carbocycles. The van der Waals surface area contributed by atoms with Crippen molar-refractivity contribution in [1.82, 2.24) is 0 Å². The first-order chi connectivity index (χ1) is 14.8. The minimum absolute atomic E-state index is 0.0797. The van der Waals surface area contributed by atoms with Crippen LogP contribution in [0.1, 0.15) is 22.3 Å². The summed E-state index contributed by atoms with van der Waals surface area (Å²) in [6, 6.07) is 20.2. The van der Waals surface area contributed by atoms with E-state index in [0.29, 0.717) is 5.56 Å². The molecule has 0 amide bonds. The number of aliphatic imine (C=N–C) groups is 1. The summed E-state index contributed by atoms with van der Waals surface area (Å²) in [4.78, 5) is 16.6. The highest BCUT2D eigenvalue weighted by atomic mass is 32.2. The molecule has 0 radical (unpaired) electrons. The van der Waals surface area contributed by atoms with Crippen molar-refractivity contribution in [3.63, 3.8) is 0 Å². The monoisotopic (exact) mass is 433 g/mol. The third kappa shape index (κ3) is 4.57. The number of rotatable bonds is 5. The van der Waals surface area contributed by atoms with Crippen LogP contribution in [-0.4, -0.2) is 20.3 Å². The van der Waals surface area contributed by atoms with E-state index in [2.05, 4.69) is 4.99 Å². The van der Waals surface area contributed by atoms with Gasteiger partial charge in [-0.15, -0.1) is 0 Å². The SMILES string of the molecule is Cc1ccc(S(=O)(=O)Oc2ccc(C=C3N=C(c4ccccc4C)OC3=O)cc2)cc1. The average molecular weight is 433 g/mol. The van der Waals surface area contributed by atoms with Gasteiger partial charge in [0.25, 0.3) is 0 Å². The van der Waals surface area contributed by atoms with Gasteiger partial charge in [0, 0.05) is 5.56 Å². The first-order valence-corrected chi connectivity index (χ1v) is 10.9. The van der Waals surface area contributed by atoms with Crippen LogP contribution in [0.25, 0.3) is 6.08 Å². The van der Waals surface area contributed by atoms with Crippen molar-refractivity contribution in [2.45, 2.75) is 18.7 Å². The summed E-state index contributed by atoms with van der Waals surface area (Å²) in [6.45, 7) is 3.79. The second kappa shape index (κ2) is 8.20. The molecule has 3 aromatic carbocycles. The van der Waals surface area contributed by atoms with Crippen molar-refractivity contribution >= 4 is 28.1 Å². The molecule has 1 aliphatic rings. The quantitative estimate of drug-likeness (QED) is 0.338. The largest absolute Gasteiger partial charge is 0.402 e. The Morgan fingerprint density at radius 3 is 2.26 bits per heavy atom. The van der Waals surface area contributed by atoms with Gasteiger partial charge in [0.2, 0.25) is 5.90 Å². The van der Waals surface area contributed by atoms with Gasteiger partial charge in [-0.1, -0.05) is 48.0 Å². The van der Waals surface area contributed by atoms with Gasteiger partial charge in [0.1, 0.15) is 10.6 Å². The van der Waals surface area contributed by atoms with Gasteiger partial charge in [-0.3, -0.25) is 0 Å².